The van der Waals surface area contributed by atoms with E-state index in [0.29, 0.717) is 25.3 Å². The molecule has 114 valence electrons. The number of nitrogens with two attached hydrogens (primary N) is 1. The average molecular weight is 291 g/mol. The first-order valence-corrected chi connectivity index (χ1v) is 7.32. The van der Waals surface area contributed by atoms with Crippen LogP contribution in [0, 0.1) is 5.82 Å². The minimum atomic E-state index is -0.226. The third kappa shape index (κ3) is 4.01. The molecular formula is C15H22FN5. The lowest BCUT2D eigenvalue weighted by atomic mass is 10.2. The molecule has 2 rings (SSSR count). The molecule has 0 bridgehead atoms. The van der Waals surface area contributed by atoms with Crippen molar-refractivity contribution in [2.75, 3.05) is 18.0 Å². The van der Waals surface area contributed by atoms with Crippen LogP contribution in [0.5, 0.6) is 0 Å². The highest BCUT2D eigenvalue weighted by atomic mass is 19.1. The maximum Gasteiger partial charge on any atom is 0.146 e. The number of benzene rings is 1. The molecule has 0 atom stereocenters. The highest BCUT2D eigenvalue weighted by Crippen LogP contribution is 2.20. The summed E-state index contributed by atoms with van der Waals surface area (Å²) in [5.41, 5.74) is 6.17. The van der Waals surface area contributed by atoms with Gasteiger partial charge in [0, 0.05) is 13.1 Å². The van der Waals surface area contributed by atoms with Gasteiger partial charge in [0.15, 0.2) is 0 Å². The molecule has 5 nitrogen and oxygen atoms in total. The minimum absolute atomic E-state index is 0.226. The second kappa shape index (κ2) is 7.73. The Morgan fingerprint density at radius 3 is 2.86 bits per heavy atom. The lowest BCUT2D eigenvalue weighted by molar-refractivity contribution is 0.554. The number of anilines is 1. The third-order valence-electron chi connectivity index (χ3n) is 3.29. The van der Waals surface area contributed by atoms with E-state index < -0.39 is 0 Å². The molecule has 1 heterocycles. The summed E-state index contributed by atoms with van der Waals surface area (Å²) in [7, 11) is 0. The molecule has 1 aromatic carbocycles. The quantitative estimate of drug-likeness (QED) is 0.810. The van der Waals surface area contributed by atoms with Crippen LogP contribution in [0.15, 0.2) is 30.6 Å². The predicted molar refractivity (Wildman–Crippen MR) is 81.4 cm³/mol. The molecule has 0 unspecified atom stereocenters. The van der Waals surface area contributed by atoms with Crippen molar-refractivity contribution in [3.05, 3.63) is 42.2 Å². The summed E-state index contributed by atoms with van der Waals surface area (Å²) in [6.07, 6.45) is 3.34. The zero-order valence-electron chi connectivity index (χ0n) is 12.4. The molecule has 0 aliphatic rings. The van der Waals surface area contributed by atoms with E-state index in [2.05, 4.69) is 17.0 Å². The van der Waals surface area contributed by atoms with Crippen LogP contribution >= 0.6 is 0 Å². The molecule has 0 saturated carbocycles. The molecule has 2 aromatic rings. The molecule has 1 aromatic heterocycles. The SMILES string of the molecule is CCCn1ncnc1CN(CCCN)c1ccccc1F. The van der Waals surface area contributed by atoms with Crippen molar-refractivity contribution in [3.63, 3.8) is 0 Å². The largest absolute Gasteiger partial charge is 0.362 e. The van der Waals surface area contributed by atoms with Crippen LogP contribution in [0.25, 0.3) is 0 Å². The van der Waals surface area contributed by atoms with Crippen LogP contribution < -0.4 is 10.6 Å². The van der Waals surface area contributed by atoms with Gasteiger partial charge in [-0.3, -0.25) is 0 Å². The topological polar surface area (TPSA) is 60.0 Å². The lowest BCUT2D eigenvalue weighted by Crippen LogP contribution is -2.28. The van der Waals surface area contributed by atoms with Crippen LogP contribution in [-0.4, -0.2) is 27.9 Å². The molecule has 0 saturated heterocycles. The van der Waals surface area contributed by atoms with Crippen LogP contribution in [0.2, 0.25) is 0 Å². The zero-order valence-corrected chi connectivity index (χ0v) is 12.4. The first kappa shape index (κ1) is 15.4. The van der Waals surface area contributed by atoms with Crippen molar-refractivity contribution in [2.24, 2.45) is 5.73 Å². The second-order valence-electron chi connectivity index (χ2n) is 4.91. The first-order valence-electron chi connectivity index (χ1n) is 7.32. The lowest BCUT2D eigenvalue weighted by Gasteiger charge is -2.24. The molecule has 0 aliphatic carbocycles. The van der Waals surface area contributed by atoms with Crippen LogP contribution in [-0.2, 0) is 13.1 Å². The Bertz CT molecular complexity index is 555. The van der Waals surface area contributed by atoms with Gasteiger partial charge in [0.2, 0.25) is 0 Å². The number of para-hydroxylation sites is 1. The second-order valence-corrected chi connectivity index (χ2v) is 4.91. The molecule has 2 N–H and O–H groups in total. The number of aromatic nitrogens is 3. The average Bonchev–Trinajstić information content (AvgIpc) is 2.92. The number of rotatable bonds is 8. The van der Waals surface area contributed by atoms with Crippen molar-refractivity contribution in [1.82, 2.24) is 14.8 Å². The Labute approximate surface area is 124 Å². The van der Waals surface area contributed by atoms with Crippen molar-refractivity contribution in [2.45, 2.75) is 32.9 Å². The predicted octanol–water partition coefficient (Wildman–Crippen LogP) is 2.18. The van der Waals surface area contributed by atoms with Crippen molar-refractivity contribution in [1.29, 1.82) is 0 Å². The molecule has 0 spiro atoms. The van der Waals surface area contributed by atoms with E-state index in [1.54, 1.807) is 18.5 Å². The van der Waals surface area contributed by atoms with Crippen LogP contribution in [0.4, 0.5) is 10.1 Å². The summed E-state index contributed by atoms with van der Waals surface area (Å²) in [6, 6.07) is 6.79. The van der Waals surface area contributed by atoms with E-state index in [-0.39, 0.29) is 5.82 Å². The monoisotopic (exact) mass is 291 g/mol. The summed E-state index contributed by atoms with van der Waals surface area (Å²) >= 11 is 0. The fourth-order valence-electron chi connectivity index (χ4n) is 2.25. The van der Waals surface area contributed by atoms with Crippen molar-refractivity contribution in [3.8, 4) is 0 Å². The van der Waals surface area contributed by atoms with E-state index in [4.69, 9.17) is 5.73 Å². The van der Waals surface area contributed by atoms with Gasteiger partial charge in [0.25, 0.3) is 0 Å². The first-order chi connectivity index (χ1) is 10.3. The number of hydrogen-bond donors (Lipinski definition) is 1. The van der Waals surface area contributed by atoms with Crippen molar-refractivity contribution >= 4 is 5.69 Å². The molecule has 6 heteroatoms. The van der Waals surface area contributed by atoms with E-state index in [1.807, 2.05) is 15.6 Å². The number of aryl methyl sites for hydroxylation is 1. The summed E-state index contributed by atoms with van der Waals surface area (Å²) in [5, 5.41) is 4.22. The van der Waals surface area contributed by atoms with E-state index >= 15 is 0 Å². The maximum absolute atomic E-state index is 14.0. The Morgan fingerprint density at radius 1 is 1.33 bits per heavy atom. The highest BCUT2D eigenvalue weighted by Gasteiger charge is 2.14. The van der Waals surface area contributed by atoms with Gasteiger partial charge in [-0.25, -0.2) is 14.1 Å². The fraction of sp³-hybridized carbons (Fsp3) is 0.467. The molecule has 21 heavy (non-hydrogen) atoms. The van der Waals surface area contributed by atoms with Gasteiger partial charge in [-0.2, -0.15) is 5.10 Å². The standard InChI is InChI=1S/C15H22FN5/c1-2-9-21-15(18-12-19-21)11-20(10-5-8-17)14-7-4-3-6-13(14)16/h3-4,6-7,12H,2,5,8-11,17H2,1H3. The Morgan fingerprint density at radius 2 is 2.14 bits per heavy atom. The van der Waals surface area contributed by atoms with Crippen LogP contribution in [0.3, 0.4) is 0 Å². The van der Waals surface area contributed by atoms with Crippen LogP contribution in [0.1, 0.15) is 25.6 Å². The molecule has 0 radical (unpaired) electrons. The van der Waals surface area contributed by atoms with Gasteiger partial charge in [-0.1, -0.05) is 19.1 Å². The molecule has 0 fully saturated rings. The number of halogens is 1. The van der Waals surface area contributed by atoms with Crippen molar-refractivity contribution < 1.29 is 4.39 Å². The third-order valence-corrected chi connectivity index (χ3v) is 3.29. The summed E-state index contributed by atoms with van der Waals surface area (Å²) < 4.78 is 15.9. The van der Waals surface area contributed by atoms with Gasteiger partial charge < -0.3 is 10.6 Å². The van der Waals surface area contributed by atoms with Gasteiger partial charge in [0.05, 0.1) is 12.2 Å². The zero-order chi connectivity index (χ0) is 15.1. The Balaban J connectivity index is 2.20. The van der Waals surface area contributed by atoms with Gasteiger partial charge >= 0.3 is 0 Å². The molecule has 0 amide bonds. The Hall–Kier alpha value is -1.95. The Kier molecular flexibility index (Phi) is 5.68. The summed E-state index contributed by atoms with van der Waals surface area (Å²) in [6.45, 7) is 4.70. The van der Waals surface area contributed by atoms with E-state index in [1.165, 1.54) is 6.07 Å². The number of nitrogens with zero attached hydrogens (tertiary/aromatic N) is 4. The van der Waals surface area contributed by atoms with Gasteiger partial charge in [0.1, 0.15) is 18.0 Å². The van der Waals surface area contributed by atoms with E-state index in [0.717, 1.165) is 25.2 Å². The summed E-state index contributed by atoms with van der Waals surface area (Å²) in [4.78, 5) is 6.26. The van der Waals surface area contributed by atoms with E-state index in [9.17, 15) is 4.39 Å². The normalized spacial score (nSPS) is 10.8. The molecular weight excluding hydrogens is 269 g/mol. The molecule has 0 aliphatic heterocycles. The summed E-state index contributed by atoms with van der Waals surface area (Å²) in [5.74, 6) is 0.619. The highest BCUT2D eigenvalue weighted by molar-refractivity contribution is 5.47. The maximum atomic E-state index is 14.0. The van der Waals surface area contributed by atoms with Gasteiger partial charge in [-0.05, 0) is 31.5 Å². The minimum Gasteiger partial charge on any atom is -0.362 e. The van der Waals surface area contributed by atoms with Gasteiger partial charge in [-0.15, -0.1) is 0 Å². The number of hydrogen-bond acceptors (Lipinski definition) is 4. The fourth-order valence-corrected chi connectivity index (χ4v) is 2.25. The smallest absolute Gasteiger partial charge is 0.146 e.